The molecule has 1 N–H and O–H groups in total. The van der Waals surface area contributed by atoms with E-state index >= 15 is 0 Å². The van der Waals surface area contributed by atoms with Crippen molar-refractivity contribution in [2.75, 3.05) is 26.0 Å². The first-order valence-electron chi connectivity index (χ1n) is 8.80. The number of anilines is 1. The fourth-order valence-electron chi connectivity index (χ4n) is 2.41. The Balaban J connectivity index is 2.17. The van der Waals surface area contributed by atoms with Crippen molar-refractivity contribution in [3.63, 3.8) is 0 Å². The van der Waals surface area contributed by atoms with Crippen LogP contribution in [0.2, 0.25) is 0 Å². The Labute approximate surface area is 158 Å². The molecule has 0 aliphatic rings. The standard InChI is InChI=1S/C20H25N3O4/c1-5-6-11-27-16-9-7-14(8-10-16)18(24)21-17-12-15(19(25)22(2)3)13-23(4)20(17)26/h7-10,12-13H,5-6,11H2,1-4H3,(H,21,24). The lowest BCUT2D eigenvalue weighted by Gasteiger charge is -2.13. The number of hydrogen-bond donors (Lipinski definition) is 1. The Kier molecular flexibility index (Phi) is 6.76. The van der Waals surface area contributed by atoms with E-state index in [9.17, 15) is 14.4 Å². The third-order valence-electron chi connectivity index (χ3n) is 3.97. The molecule has 0 aliphatic heterocycles. The minimum Gasteiger partial charge on any atom is -0.494 e. The van der Waals surface area contributed by atoms with E-state index in [-0.39, 0.29) is 11.6 Å². The van der Waals surface area contributed by atoms with E-state index in [2.05, 4.69) is 12.2 Å². The number of nitrogens with zero attached hydrogens (tertiary/aromatic N) is 2. The van der Waals surface area contributed by atoms with Gasteiger partial charge in [0.25, 0.3) is 17.4 Å². The van der Waals surface area contributed by atoms with E-state index in [0.29, 0.717) is 23.5 Å². The van der Waals surface area contributed by atoms with Crippen molar-refractivity contribution in [3.05, 3.63) is 58.0 Å². The molecule has 0 spiro atoms. The predicted molar refractivity (Wildman–Crippen MR) is 104 cm³/mol. The third kappa shape index (κ3) is 5.20. The average molecular weight is 371 g/mol. The van der Waals surface area contributed by atoms with Gasteiger partial charge in [-0.3, -0.25) is 14.4 Å². The molecule has 0 atom stereocenters. The van der Waals surface area contributed by atoms with Gasteiger partial charge >= 0.3 is 0 Å². The molecule has 7 nitrogen and oxygen atoms in total. The monoisotopic (exact) mass is 371 g/mol. The molecule has 0 radical (unpaired) electrons. The maximum absolute atomic E-state index is 12.5. The van der Waals surface area contributed by atoms with Crippen LogP contribution < -0.4 is 15.6 Å². The zero-order valence-electron chi connectivity index (χ0n) is 16.1. The molecule has 1 aromatic heterocycles. The largest absolute Gasteiger partial charge is 0.494 e. The molecular weight excluding hydrogens is 346 g/mol. The molecule has 0 bridgehead atoms. The van der Waals surface area contributed by atoms with Crippen LogP contribution in [0.3, 0.4) is 0 Å². The molecule has 0 unspecified atom stereocenters. The number of rotatable bonds is 7. The number of carbonyl (C=O) groups is 2. The minimum absolute atomic E-state index is 0.0541. The molecule has 0 saturated heterocycles. The number of pyridine rings is 1. The number of aryl methyl sites for hydroxylation is 1. The number of benzene rings is 1. The van der Waals surface area contributed by atoms with Crippen LogP contribution in [0.25, 0.3) is 0 Å². The summed E-state index contributed by atoms with van der Waals surface area (Å²) in [5, 5.41) is 2.59. The van der Waals surface area contributed by atoms with Crippen LogP contribution in [-0.4, -0.2) is 42.0 Å². The molecule has 2 rings (SSSR count). The van der Waals surface area contributed by atoms with E-state index in [1.807, 2.05) is 0 Å². The molecule has 0 fully saturated rings. The quantitative estimate of drug-likeness (QED) is 0.759. The van der Waals surface area contributed by atoms with E-state index in [4.69, 9.17) is 4.74 Å². The van der Waals surface area contributed by atoms with Gasteiger partial charge < -0.3 is 19.5 Å². The summed E-state index contributed by atoms with van der Waals surface area (Å²) < 4.78 is 6.85. The van der Waals surface area contributed by atoms with Gasteiger partial charge in [0.15, 0.2) is 0 Å². The number of carbonyl (C=O) groups excluding carboxylic acids is 2. The molecule has 0 aliphatic carbocycles. The van der Waals surface area contributed by atoms with Gasteiger partial charge in [-0.15, -0.1) is 0 Å². The SMILES string of the molecule is CCCCOc1ccc(C(=O)Nc2cc(C(=O)N(C)C)cn(C)c2=O)cc1. The molecule has 2 aromatic rings. The first kappa shape index (κ1) is 20.2. The molecule has 1 heterocycles. The van der Waals surface area contributed by atoms with E-state index < -0.39 is 11.5 Å². The summed E-state index contributed by atoms with van der Waals surface area (Å²) in [6.45, 7) is 2.72. The summed E-state index contributed by atoms with van der Waals surface area (Å²) in [5.74, 6) is 0.00540. The van der Waals surface area contributed by atoms with Crippen LogP contribution in [0.4, 0.5) is 5.69 Å². The summed E-state index contributed by atoms with van der Waals surface area (Å²) >= 11 is 0. The highest BCUT2D eigenvalue weighted by Crippen LogP contribution is 2.14. The third-order valence-corrected chi connectivity index (χ3v) is 3.97. The van der Waals surface area contributed by atoms with Crippen LogP contribution in [-0.2, 0) is 7.05 Å². The number of unbranched alkanes of at least 4 members (excludes halogenated alkanes) is 1. The second kappa shape index (κ2) is 9.02. The van der Waals surface area contributed by atoms with E-state index in [0.717, 1.165) is 12.8 Å². The van der Waals surface area contributed by atoms with Crippen molar-refractivity contribution in [1.29, 1.82) is 0 Å². The summed E-state index contributed by atoms with van der Waals surface area (Å²) in [6.07, 6.45) is 3.46. The number of aromatic nitrogens is 1. The molecule has 144 valence electrons. The van der Waals surface area contributed by atoms with Crippen molar-refractivity contribution in [3.8, 4) is 5.75 Å². The topological polar surface area (TPSA) is 80.6 Å². The summed E-state index contributed by atoms with van der Waals surface area (Å²) in [6, 6.07) is 8.10. The number of ether oxygens (including phenoxy) is 1. The zero-order valence-corrected chi connectivity index (χ0v) is 16.1. The number of hydrogen-bond acceptors (Lipinski definition) is 4. The van der Waals surface area contributed by atoms with Crippen LogP contribution in [0.5, 0.6) is 5.75 Å². The molecule has 7 heteroatoms. The molecule has 27 heavy (non-hydrogen) atoms. The maximum Gasteiger partial charge on any atom is 0.274 e. The Morgan fingerprint density at radius 2 is 1.81 bits per heavy atom. The van der Waals surface area contributed by atoms with Gasteiger partial charge in [-0.05, 0) is 36.8 Å². The van der Waals surface area contributed by atoms with Gasteiger partial charge in [0, 0.05) is 32.9 Å². The van der Waals surface area contributed by atoms with E-state index in [1.165, 1.54) is 28.8 Å². The highest BCUT2D eigenvalue weighted by atomic mass is 16.5. The second-order valence-corrected chi connectivity index (χ2v) is 6.44. The zero-order chi connectivity index (χ0) is 20.0. The van der Waals surface area contributed by atoms with Crippen molar-refractivity contribution in [1.82, 2.24) is 9.47 Å². The van der Waals surface area contributed by atoms with Gasteiger partial charge in [0.1, 0.15) is 11.4 Å². The van der Waals surface area contributed by atoms with Gasteiger partial charge in [-0.25, -0.2) is 0 Å². The second-order valence-electron chi connectivity index (χ2n) is 6.44. The Morgan fingerprint density at radius 1 is 1.15 bits per heavy atom. The average Bonchev–Trinajstić information content (AvgIpc) is 2.65. The highest BCUT2D eigenvalue weighted by Gasteiger charge is 2.15. The lowest BCUT2D eigenvalue weighted by molar-refractivity contribution is 0.0826. The Morgan fingerprint density at radius 3 is 2.41 bits per heavy atom. The molecular formula is C20H25N3O4. The molecule has 2 amide bonds. The van der Waals surface area contributed by atoms with Crippen LogP contribution >= 0.6 is 0 Å². The number of nitrogens with one attached hydrogen (secondary N) is 1. The van der Waals surface area contributed by atoms with Crippen LogP contribution in [0.15, 0.2) is 41.3 Å². The Bertz CT molecular complexity index is 870. The molecule has 1 aromatic carbocycles. The lowest BCUT2D eigenvalue weighted by atomic mass is 10.2. The fourth-order valence-corrected chi connectivity index (χ4v) is 2.41. The van der Waals surface area contributed by atoms with Crippen molar-refractivity contribution in [2.45, 2.75) is 19.8 Å². The Hall–Kier alpha value is -3.09. The minimum atomic E-state index is -0.429. The predicted octanol–water partition coefficient (Wildman–Crippen LogP) is 2.52. The fraction of sp³-hybridized carbons (Fsp3) is 0.350. The van der Waals surface area contributed by atoms with Crippen LogP contribution in [0.1, 0.15) is 40.5 Å². The van der Waals surface area contributed by atoms with Crippen LogP contribution in [0, 0.1) is 0 Å². The highest BCUT2D eigenvalue weighted by molar-refractivity contribution is 6.05. The van der Waals surface area contributed by atoms with Crippen molar-refractivity contribution in [2.24, 2.45) is 7.05 Å². The van der Waals surface area contributed by atoms with Crippen molar-refractivity contribution < 1.29 is 14.3 Å². The van der Waals surface area contributed by atoms with Crippen molar-refractivity contribution >= 4 is 17.5 Å². The van der Waals surface area contributed by atoms with Gasteiger partial charge in [-0.1, -0.05) is 13.3 Å². The smallest absolute Gasteiger partial charge is 0.274 e. The van der Waals surface area contributed by atoms with E-state index in [1.54, 1.807) is 38.4 Å². The summed E-state index contributed by atoms with van der Waals surface area (Å²) in [5.41, 5.74) is 0.373. The normalized spacial score (nSPS) is 10.4. The first-order valence-corrected chi connectivity index (χ1v) is 8.80. The van der Waals surface area contributed by atoms with Gasteiger partial charge in [0.2, 0.25) is 0 Å². The lowest BCUT2D eigenvalue weighted by Crippen LogP contribution is -2.28. The van der Waals surface area contributed by atoms with Gasteiger partial charge in [0.05, 0.1) is 12.2 Å². The molecule has 0 saturated carbocycles. The maximum atomic E-state index is 12.5. The first-order chi connectivity index (χ1) is 12.8. The summed E-state index contributed by atoms with van der Waals surface area (Å²) in [7, 11) is 4.78. The summed E-state index contributed by atoms with van der Waals surface area (Å²) in [4.78, 5) is 38.3. The number of amides is 2. The van der Waals surface area contributed by atoms with Gasteiger partial charge in [-0.2, -0.15) is 0 Å².